The Morgan fingerprint density at radius 2 is 1.18 bits per heavy atom. The van der Waals surface area contributed by atoms with Crippen LogP contribution < -0.4 is 4.74 Å². The highest BCUT2D eigenvalue weighted by Gasteiger charge is 2.51. The van der Waals surface area contributed by atoms with Crippen LogP contribution in [-0.4, -0.2) is 0 Å². The predicted molar refractivity (Wildman–Crippen MR) is 136 cm³/mol. The molecule has 1 aromatic heterocycles. The standard InChI is InChI=1S/C31H17ClO2/c32-18-13-14-27-21(15-18)22-16-26-30(17-29(22)33-27)34-28-12-6-5-11-25(28)31(26)23-9-3-1-7-19(23)20-8-2-4-10-24(20)31/h1-17H. The Balaban J connectivity index is 1.59. The molecule has 1 aliphatic heterocycles. The number of benzene rings is 5. The first-order valence-corrected chi connectivity index (χ1v) is 11.8. The summed E-state index contributed by atoms with van der Waals surface area (Å²) in [5.74, 6) is 1.70. The van der Waals surface area contributed by atoms with Gasteiger partial charge in [0.15, 0.2) is 0 Å². The Kier molecular flexibility index (Phi) is 3.42. The molecule has 0 amide bonds. The summed E-state index contributed by atoms with van der Waals surface area (Å²) in [6, 6.07) is 36.0. The van der Waals surface area contributed by atoms with Crippen molar-refractivity contribution in [2.45, 2.75) is 5.41 Å². The lowest BCUT2D eigenvalue weighted by Gasteiger charge is -2.39. The number of hydrogen-bond donors (Lipinski definition) is 0. The topological polar surface area (TPSA) is 22.4 Å². The van der Waals surface area contributed by atoms with E-state index < -0.39 is 5.41 Å². The lowest BCUT2D eigenvalue weighted by molar-refractivity contribution is 0.436. The van der Waals surface area contributed by atoms with Crippen molar-refractivity contribution in [1.82, 2.24) is 0 Å². The van der Waals surface area contributed by atoms with Crippen molar-refractivity contribution in [2.24, 2.45) is 0 Å². The highest BCUT2D eigenvalue weighted by atomic mass is 35.5. The maximum Gasteiger partial charge on any atom is 0.139 e. The molecule has 0 fully saturated rings. The van der Waals surface area contributed by atoms with Gasteiger partial charge < -0.3 is 9.15 Å². The first kappa shape index (κ1) is 18.4. The van der Waals surface area contributed by atoms with Gasteiger partial charge in [-0.1, -0.05) is 78.3 Å². The molecule has 2 aliphatic rings. The monoisotopic (exact) mass is 456 g/mol. The minimum Gasteiger partial charge on any atom is -0.457 e. The summed E-state index contributed by atoms with van der Waals surface area (Å²) in [6.45, 7) is 0. The summed E-state index contributed by atoms with van der Waals surface area (Å²) in [7, 11) is 0. The second-order valence-corrected chi connectivity index (χ2v) is 9.46. The summed E-state index contributed by atoms with van der Waals surface area (Å²) in [5.41, 5.74) is 8.50. The number of halogens is 1. The van der Waals surface area contributed by atoms with Crippen molar-refractivity contribution in [3.63, 3.8) is 0 Å². The molecular formula is C31H17ClO2. The fraction of sp³-hybridized carbons (Fsp3) is 0.0323. The van der Waals surface area contributed by atoms with Crippen LogP contribution in [0.1, 0.15) is 22.3 Å². The number of para-hydroxylation sites is 1. The molecule has 34 heavy (non-hydrogen) atoms. The van der Waals surface area contributed by atoms with E-state index in [0.29, 0.717) is 5.02 Å². The molecule has 3 heteroatoms. The third-order valence-corrected chi connectivity index (χ3v) is 7.64. The van der Waals surface area contributed by atoms with Gasteiger partial charge in [0.2, 0.25) is 0 Å². The number of fused-ring (bicyclic) bond motifs is 12. The van der Waals surface area contributed by atoms with Gasteiger partial charge in [-0.25, -0.2) is 0 Å². The molecule has 0 N–H and O–H groups in total. The zero-order valence-corrected chi connectivity index (χ0v) is 18.8. The Hall–Kier alpha value is -4.01. The van der Waals surface area contributed by atoms with Crippen molar-refractivity contribution in [1.29, 1.82) is 0 Å². The van der Waals surface area contributed by atoms with Crippen LogP contribution in [0, 0.1) is 0 Å². The van der Waals surface area contributed by atoms with E-state index >= 15 is 0 Å². The van der Waals surface area contributed by atoms with E-state index in [1.807, 2.05) is 30.3 Å². The zero-order valence-electron chi connectivity index (χ0n) is 18.0. The molecule has 0 atom stereocenters. The third kappa shape index (κ3) is 2.12. The Morgan fingerprint density at radius 3 is 1.94 bits per heavy atom. The highest BCUT2D eigenvalue weighted by Crippen LogP contribution is 2.62. The van der Waals surface area contributed by atoms with Gasteiger partial charge in [-0.3, -0.25) is 0 Å². The zero-order chi connectivity index (χ0) is 22.4. The summed E-state index contributed by atoms with van der Waals surface area (Å²) in [5, 5.41) is 2.75. The molecule has 8 rings (SSSR count). The minimum atomic E-state index is -0.478. The van der Waals surface area contributed by atoms with Gasteiger partial charge in [-0.2, -0.15) is 0 Å². The maximum absolute atomic E-state index is 6.54. The van der Waals surface area contributed by atoms with Crippen LogP contribution in [0.5, 0.6) is 11.5 Å². The van der Waals surface area contributed by atoms with Crippen LogP contribution in [0.4, 0.5) is 0 Å². The molecule has 0 bridgehead atoms. The fourth-order valence-corrected chi connectivity index (χ4v) is 6.27. The Morgan fingerprint density at radius 1 is 0.529 bits per heavy atom. The van der Waals surface area contributed by atoms with E-state index in [1.165, 1.54) is 22.3 Å². The third-order valence-electron chi connectivity index (χ3n) is 7.40. The number of ether oxygens (including phenoxy) is 1. The largest absolute Gasteiger partial charge is 0.457 e. The predicted octanol–water partition coefficient (Wildman–Crippen LogP) is 8.71. The molecule has 0 unspecified atom stereocenters. The fourth-order valence-electron chi connectivity index (χ4n) is 6.10. The van der Waals surface area contributed by atoms with Gasteiger partial charge in [0.05, 0.1) is 5.41 Å². The Bertz CT molecular complexity index is 1760. The highest BCUT2D eigenvalue weighted by molar-refractivity contribution is 6.31. The summed E-state index contributed by atoms with van der Waals surface area (Å²) in [6.07, 6.45) is 0. The van der Waals surface area contributed by atoms with E-state index in [0.717, 1.165) is 44.6 Å². The van der Waals surface area contributed by atoms with E-state index in [2.05, 4.69) is 72.8 Å². The first-order chi connectivity index (χ1) is 16.7. The average molecular weight is 457 g/mol. The molecule has 5 aromatic carbocycles. The van der Waals surface area contributed by atoms with Crippen LogP contribution in [0.3, 0.4) is 0 Å². The van der Waals surface area contributed by atoms with Crippen LogP contribution in [-0.2, 0) is 5.41 Å². The van der Waals surface area contributed by atoms with Crippen LogP contribution in [0.2, 0.25) is 5.02 Å². The minimum absolute atomic E-state index is 0.478. The van der Waals surface area contributed by atoms with Crippen molar-refractivity contribution in [3.8, 4) is 22.6 Å². The van der Waals surface area contributed by atoms with Crippen LogP contribution >= 0.6 is 11.6 Å². The second-order valence-electron chi connectivity index (χ2n) is 9.03. The molecule has 160 valence electrons. The van der Waals surface area contributed by atoms with Gasteiger partial charge in [-0.15, -0.1) is 0 Å². The number of rotatable bonds is 0. The van der Waals surface area contributed by atoms with Gasteiger partial charge in [0.1, 0.15) is 22.7 Å². The lowest BCUT2D eigenvalue weighted by Crippen LogP contribution is -2.32. The molecule has 6 aromatic rings. The SMILES string of the molecule is Clc1ccc2oc3cc4c(cc3c2c1)C1(c2ccccc2O4)c2ccccc2-c2ccccc21. The molecular weight excluding hydrogens is 440 g/mol. The smallest absolute Gasteiger partial charge is 0.139 e. The number of furan rings is 1. The van der Waals surface area contributed by atoms with Crippen molar-refractivity contribution in [2.75, 3.05) is 0 Å². The van der Waals surface area contributed by atoms with Crippen LogP contribution in [0.25, 0.3) is 33.1 Å². The van der Waals surface area contributed by atoms with E-state index in [9.17, 15) is 0 Å². The average Bonchev–Trinajstić information content (AvgIpc) is 3.37. The second kappa shape index (κ2) is 6.31. The molecule has 0 saturated carbocycles. The van der Waals surface area contributed by atoms with Gasteiger partial charge in [-0.05, 0) is 52.6 Å². The van der Waals surface area contributed by atoms with Gasteiger partial charge in [0.25, 0.3) is 0 Å². The van der Waals surface area contributed by atoms with Crippen LogP contribution in [0.15, 0.2) is 108 Å². The summed E-state index contributed by atoms with van der Waals surface area (Å²) < 4.78 is 12.7. The first-order valence-electron chi connectivity index (χ1n) is 11.4. The summed E-state index contributed by atoms with van der Waals surface area (Å²) in [4.78, 5) is 0. The number of hydrogen-bond acceptors (Lipinski definition) is 2. The quantitative estimate of drug-likeness (QED) is 0.227. The van der Waals surface area contributed by atoms with E-state index in [-0.39, 0.29) is 0 Å². The molecule has 0 saturated heterocycles. The van der Waals surface area contributed by atoms with E-state index in [4.69, 9.17) is 20.8 Å². The van der Waals surface area contributed by atoms with Crippen molar-refractivity contribution < 1.29 is 9.15 Å². The Labute approximate surface area is 201 Å². The molecule has 2 nitrogen and oxygen atoms in total. The van der Waals surface area contributed by atoms with Gasteiger partial charge >= 0.3 is 0 Å². The normalized spacial score (nSPS) is 14.5. The van der Waals surface area contributed by atoms with E-state index in [1.54, 1.807) is 0 Å². The molecule has 2 heterocycles. The van der Waals surface area contributed by atoms with Crippen molar-refractivity contribution >= 4 is 33.5 Å². The summed E-state index contributed by atoms with van der Waals surface area (Å²) >= 11 is 6.37. The molecule has 1 spiro atoms. The molecule has 1 aliphatic carbocycles. The van der Waals surface area contributed by atoms with Gasteiger partial charge in [0, 0.05) is 33.0 Å². The molecule has 0 radical (unpaired) electrons. The lowest BCUT2D eigenvalue weighted by atomic mass is 9.66. The van der Waals surface area contributed by atoms with Crippen molar-refractivity contribution in [3.05, 3.63) is 130 Å². The maximum atomic E-state index is 6.54.